The van der Waals surface area contributed by atoms with Crippen LogP contribution < -0.4 is 4.90 Å². The maximum Gasteiger partial charge on any atom is 0.128 e. The minimum absolute atomic E-state index is 0.247. The first-order valence-electron chi connectivity index (χ1n) is 5.59. The van der Waals surface area contributed by atoms with Crippen LogP contribution in [0.1, 0.15) is 33.4 Å². The number of rotatable bonds is 2. The predicted molar refractivity (Wildman–Crippen MR) is 74.0 cm³/mol. The number of hydrogen-bond donors (Lipinski definition) is 0. The van der Waals surface area contributed by atoms with Crippen LogP contribution in [0.25, 0.3) is 0 Å². The highest BCUT2D eigenvalue weighted by atomic mass is 79.9. The van der Waals surface area contributed by atoms with Gasteiger partial charge in [0.15, 0.2) is 0 Å². The predicted octanol–water partition coefficient (Wildman–Crippen LogP) is 4.02. The average molecular weight is 285 g/mol. The molecule has 16 heavy (non-hydrogen) atoms. The van der Waals surface area contributed by atoms with E-state index in [0.717, 1.165) is 16.0 Å². The summed E-state index contributed by atoms with van der Waals surface area (Å²) in [6.45, 7) is 11.0. The van der Waals surface area contributed by atoms with Gasteiger partial charge in [-0.3, -0.25) is 0 Å². The molecule has 1 aromatic heterocycles. The van der Waals surface area contributed by atoms with Gasteiger partial charge in [-0.05, 0) is 47.3 Å². The van der Waals surface area contributed by atoms with Crippen LogP contribution in [0, 0.1) is 12.3 Å². The van der Waals surface area contributed by atoms with Gasteiger partial charge in [0, 0.05) is 17.6 Å². The van der Waals surface area contributed by atoms with E-state index < -0.39 is 0 Å². The molecule has 0 fully saturated rings. The summed E-state index contributed by atoms with van der Waals surface area (Å²) in [7, 11) is 2.10. The van der Waals surface area contributed by atoms with Crippen LogP contribution in [0.4, 0.5) is 5.82 Å². The summed E-state index contributed by atoms with van der Waals surface area (Å²) in [5.74, 6) is 1.03. The highest BCUT2D eigenvalue weighted by Crippen LogP contribution is 2.27. The number of nitrogens with zero attached hydrogens (tertiary/aromatic N) is 2. The molecule has 0 aliphatic carbocycles. The molecule has 2 nitrogen and oxygen atoms in total. The first-order valence-corrected chi connectivity index (χ1v) is 6.38. The SMILES string of the molecule is Cc1nc(N(C)C(C)C(C)(C)C)ccc1Br. The molecule has 3 heteroatoms. The molecule has 0 aliphatic heterocycles. The second-order valence-electron chi connectivity index (χ2n) is 5.39. The van der Waals surface area contributed by atoms with Gasteiger partial charge in [-0.25, -0.2) is 4.98 Å². The standard InChI is InChI=1S/C13H21BrN2/c1-9-11(14)7-8-12(15-9)16(6)10(2)13(3,4)5/h7-8,10H,1-6H3. The number of anilines is 1. The van der Waals surface area contributed by atoms with Gasteiger partial charge in [-0.15, -0.1) is 0 Å². The second-order valence-corrected chi connectivity index (χ2v) is 6.24. The Kier molecular flexibility index (Phi) is 4.00. The van der Waals surface area contributed by atoms with Crippen molar-refractivity contribution in [2.24, 2.45) is 5.41 Å². The third-order valence-electron chi connectivity index (χ3n) is 3.20. The fraction of sp³-hybridized carbons (Fsp3) is 0.615. The summed E-state index contributed by atoms with van der Waals surface area (Å²) in [4.78, 5) is 6.82. The molecule has 0 saturated carbocycles. The van der Waals surface area contributed by atoms with Gasteiger partial charge in [0.25, 0.3) is 0 Å². The van der Waals surface area contributed by atoms with E-state index in [0.29, 0.717) is 6.04 Å². The molecule has 0 spiro atoms. The molecule has 0 N–H and O–H groups in total. The molecule has 0 radical (unpaired) electrons. The van der Waals surface area contributed by atoms with Crippen LogP contribution in [-0.4, -0.2) is 18.1 Å². The van der Waals surface area contributed by atoms with E-state index in [4.69, 9.17) is 0 Å². The van der Waals surface area contributed by atoms with Gasteiger partial charge in [0.1, 0.15) is 5.82 Å². The van der Waals surface area contributed by atoms with E-state index in [1.54, 1.807) is 0 Å². The Morgan fingerprint density at radius 3 is 2.31 bits per heavy atom. The lowest BCUT2D eigenvalue weighted by Gasteiger charge is -2.36. The maximum absolute atomic E-state index is 4.59. The molecule has 0 bridgehead atoms. The summed E-state index contributed by atoms with van der Waals surface area (Å²) in [5, 5.41) is 0. The molecule has 0 saturated heterocycles. The van der Waals surface area contributed by atoms with Crippen molar-refractivity contribution in [3.63, 3.8) is 0 Å². The summed E-state index contributed by atoms with van der Waals surface area (Å²) in [6, 6.07) is 4.56. The Hall–Kier alpha value is -0.570. The Labute approximate surface area is 107 Å². The largest absolute Gasteiger partial charge is 0.356 e. The van der Waals surface area contributed by atoms with Gasteiger partial charge in [0.2, 0.25) is 0 Å². The van der Waals surface area contributed by atoms with Crippen molar-refractivity contribution >= 4 is 21.7 Å². The first-order chi connectivity index (χ1) is 7.23. The molecule has 90 valence electrons. The minimum Gasteiger partial charge on any atom is -0.356 e. The normalized spacial score (nSPS) is 13.7. The van der Waals surface area contributed by atoms with Crippen molar-refractivity contribution in [1.82, 2.24) is 4.98 Å². The lowest BCUT2D eigenvalue weighted by atomic mass is 9.87. The van der Waals surface area contributed by atoms with Crippen LogP contribution in [0.15, 0.2) is 16.6 Å². The van der Waals surface area contributed by atoms with E-state index in [1.165, 1.54) is 0 Å². The molecule has 1 atom stereocenters. The van der Waals surface area contributed by atoms with E-state index in [9.17, 15) is 0 Å². The monoisotopic (exact) mass is 284 g/mol. The van der Waals surface area contributed by atoms with E-state index >= 15 is 0 Å². The van der Waals surface area contributed by atoms with Gasteiger partial charge >= 0.3 is 0 Å². The van der Waals surface area contributed by atoms with Crippen molar-refractivity contribution in [3.8, 4) is 0 Å². The van der Waals surface area contributed by atoms with Crippen LogP contribution >= 0.6 is 15.9 Å². The number of halogens is 1. The zero-order chi connectivity index (χ0) is 12.5. The van der Waals surface area contributed by atoms with Crippen molar-refractivity contribution in [2.45, 2.75) is 40.7 Å². The van der Waals surface area contributed by atoms with Gasteiger partial charge in [0.05, 0.1) is 5.69 Å². The van der Waals surface area contributed by atoms with Crippen LogP contribution in [-0.2, 0) is 0 Å². The Bertz CT molecular complexity index is 369. The summed E-state index contributed by atoms with van der Waals surface area (Å²) in [5.41, 5.74) is 1.28. The molecular weight excluding hydrogens is 264 g/mol. The van der Waals surface area contributed by atoms with Crippen molar-refractivity contribution < 1.29 is 0 Å². The van der Waals surface area contributed by atoms with Crippen LogP contribution in [0.3, 0.4) is 0 Å². The second kappa shape index (κ2) is 4.74. The highest BCUT2D eigenvalue weighted by Gasteiger charge is 2.24. The third kappa shape index (κ3) is 2.97. The molecule has 1 heterocycles. The zero-order valence-corrected chi connectivity index (χ0v) is 12.6. The number of pyridine rings is 1. The molecule has 0 amide bonds. The third-order valence-corrected chi connectivity index (χ3v) is 4.04. The van der Waals surface area contributed by atoms with Crippen LogP contribution in [0.5, 0.6) is 0 Å². The van der Waals surface area contributed by atoms with E-state index in [1.807, 2.05) is 6.92 Å². The molecular formula is C13H21BrN2. The first kappa shape index (κ1) is 13.5. The van der Waals surface area contributed by atoms with E-state index in [-0.39, 0.29) is 5.41 Å². The zero-order valence-electron chi connectivity index (χ0n) is 11.0. The molecule has 1 rings (SSSR count). The van der Waals surface area contributed by atoms with Crippen molar-refractivity contribution in [3.05, 3.63) is 22.3 Å². The van der Waals surface area contributed by atoms with Crippen molar-refractivity contribution in [2.75, 3.05) is 11.9 Å². The van der Waals surface area contributed by atoms with Crippen molar-refractivity contribution in [1.29, 1.82) is 0 Å². The number of aryl methyl sites for hydroxylation is 1. The number of aromatic nitrogens is 1. The highest BCUT2D eigenvalue weighted by molar-refractivity contribution is 9.10. The Morgan fingerprint density at radius 2 is 1.88 bits per heavy atom. The molecule has 0 aliphatic rings. The Morgan fingerprint density at radius 1 is 1.31 bits per heavy atom. The van der Waals surface area contributed by atoms with Crippen LogP contribution in [0.2, 0.25) is 0 Å². The lowest BCUT2D eigenvalue weighted by Crippen LogP contribution is -2.39. The quantitative estimate of drug-likeness (QED) is 0.815. The summed E-state index contributed by atoms with van der Waals surface area (Å²) >= 11 is 3.47. The Balaban J connectivity index is 2.97. The van der Waals surface area contributed by atoms with Gasteiger partial charge in [-0.1, -0.05) is 20.8 Å². The average Bonchev–Trinajstić information content (AvgIpc) is 2.18. The fourth-order valence-electron chi connectivity index (χ4n) is 1.51. The van der Waals surface area contributed by atoms with Gasteiger partial charge in [-0.2, -0.15) is 0 Å². The molecule has 1 aromatic rings. The maximum atomic E-state index is 4.59. The lowest BCUT2D eigenvalue weighted by molar-refractivity contribution is 0.328. The summed E-state index contributed by atoms with van der Waals surface area (Å²) in [6.07, 6.45) is 0. The molecule has 1 unspecified atom stereocenters. The smallest absolute Gasteiger partial charge is 0.128 e. The minimum atomic E-state index is 0.247. The number of hydrogen-bond acceptors (Lipinski definition) is 2. The summed E-state index contributed by atoms with van der Waals surface area (Å²) < 4.78 is 1.06. The fourth-order valence-corrected chi connectivity index (χ4v) is 1.73. The van der Waals surface area contributed by atoms with Gasteiger partial charge < -0.3 is 4.90 Å². The topological polar surface area (TPSA) is 16.1 Å². The van der Waals surface area contributed by atoms with E-state index in [2.05, 4.69) is 72.7 Å². The molecule has 0 aromatic carbocycles.